The third-order valence-corrected chi connectivity index (χ3v) is 5.75. The van der Waals surface area contributed by atoms with Gasteiger partial charge in [-0.05, 0) is 12.3 Å². The van der Waals surface area contributed by atoms with Gasteiger partial charge in [0.25, 0.3) is 0 Å². The fourth-order valence-electron chi connectivity index (χ4n) is 4.10. The summed E-state index contributed by atoms with van der Waals surface area (Å²) < 4.78 is 21.4. The highest BCUT2D eigenvalue weighted by molar-refractivity contribution is 5.89. The van der Waals surface area contributed by atoms with Crippen molar-refractivity contribution in [3.05, 3.63) is 11.8 Å². The van der Waals surface area contributed by atoms with Gasteiger partial charge in [-0.2, -0.15) is 0 Å². The van der Waals surface area contributed by atoms with E-state index in [0.717, 1.165) is 0 Å². The summed E-state index contributed by atoms with van der Waals surface area (Å²) in [6.07, 6.45) is -7.25. The number of methoxy groups -OCH3 is 1. The van der Waals surface area contributed by atoms with Gasteiger partial charge in [-0.1, -0.05) is 6.92 Å². The third-order valence-electron chi connectivity index (χ3n) is 5.75. The molecule has 3 rings (SSSR count). The second-order valence-corrected chi connectivity index (χ2v) is 7.25. The van der Waals surface area contributed by atoms with Crippen LogP contribution in [-0.2, 0) is 23.7 Å². The van der Waals surface area contributed by atoms with Crippen LogP contribution in [-0.4, -0.2) is 88.3 Å². The number of aliphatic hydroxyl groups excluding tert-OH is 5. The summed E-state index contributed by atoms with van der Waals surface area (Å²) in [6.45, 7) is 1.21. The van der Waals surface area contributed by atoms with Crippen molar-refractivity contribution in [1.29, 1.82) is 0 Å². The van der Waals surface area contributed by atoms with Crippen molar-refractivity contribution in [2.45, 2.75) is 56.4 Å². The van der Waals surface area contributed by atoms with Crippen molar-refractivity contribution in [2.75, 3.05) is 13.7 Å². The van der Waals surface area contributed by atoms with Crippen LogP contribution in [0.25, 0.3) is 0 Å². The Balaban J connectivity index is 1.80. The lowest BCUT2D eigenvalue weighted by molar-refractivity contribution is -0.342. The van der Waals surface area contributed by atoms with Crippen LogP contribution in [0.2, 0.25) is 0 Å². The van der Waals surface area contributed by atoms with E-state index in [4.69, 9.17) is 18.9 Å². The molecule has 0 radical (unpaired) electrons. The third kappa shape index (κ3) is 3.58. The lowest BCUT2D eigenvalue weighted by Crippen LogP contribution is -2.60. The molecule has 2 fully saturated rings. The molecule has 154 valence electrons. The van der Waals surface area contributed by atoms with Gasteiger partial charge in [0, 0.05) is 11.8 Å². The van der Waals surface area contributed by atoms with Crippen LogP contribution in [0, 0.1) is 17.8 Å². The lowest BCUT2D eigenvalue weighted by atomic mass is 9.83. The minimum Gasteiger partial charge on any atom is -0.472 e. The topological polar surface area (TPSA) is 155 Å². The molecule has 1 saturated heterocycles. The summed E-state index contributed by atoms with van der Waals surface area (Å²) in [5, 5.41) is 49.4. The zero-order valence-electron chi connectivity index (χ0n) is 15.0. The lowest BCUT2D eigenvalue weighted by Gasteiger charge is -2.43. The van der Waals surface area contributed by atoms with E-state index < -0.39 is 61.6 Å². The molecule has 27 heavy (non-hydrogen) atoms. The van der Waals surface area contributed by atoms with Gasteiger partial charge < -0.3 is 44.5 Å². The summed E-state index contributed by atoms with van der Waals surface area (Å²) >= 11 is 0. The maximum atomic E-state index is 12.0. The second kappa shape index (κ2) is 8.00. The molecule has 0 aromatic carbocycles. The van der Waals surface area contributed by atoms with Gasteiger partial charge in [0.05, 0.1) is 31.7 Å². The Kier molecular flexibility index (Phi) is 6.06. The van der Waals surface area contributed by atoms with Gasteiger partial charge in [0.15, 0.2) is 6.29 Å². The highest BCUT2D eigenvalue weighted by atomic mass is 16.8. The molecule has 5 N–H and O–H groups in total. The fraction of sp³-hybridized carbons (Fsp3) is 0.824. The largest absolute Gasteiger partial charge is 0.472 e. The standard InChI is InChI=1S/C17H26O10/c1-6-9(19)3-7-8(15(23)24-2)5-25-16(11(6)7)27-17-14(22)13(21)12(20)10(4-18)26-17/h5-7,9-14,16-22H,3-4H2,1-2H3/t6-,7+,9-,10+,11?,12+,13-,14+,16-,17-/m0/s1. The monoisotopic (exact) mass is 390 g/mol. The van der Waals surface area contributed by atoms with Crippen LogP contribution in [0.4, 0.5) is 0 Å². The molecule has 1 saturated carbocycles. The van der Waals surface area contributed by atoms with Gasteiger partial charge in [-0.3, -0.25) is 0 Å². The predicted molar refractivity (Wildman–Crippen MR) is 86.6 cm³/mol. The van der Waals surface area contributed by atoms with Crippen LogP contribution < -0.4 is 0 Å². The maximum Gasteiger partial charge on any atom is 0.337 e. The van der Waals surface area contributed by atoms with Crippen LogP contribution in [0.1, 0.15) is 13.3 Å². The molecule has 0 aromatic rings. The van der Waals surface area contributed by atoms with Crippen molar-refractivity contribution in [3.63, 3.8) is 0 Å². The van der Waals surface area contributed by atoms with E-state index >= 15 is 0 Å². The summed E-state index contributed by atoms with van der Waals surface area (Å²) in [6, 6.07) is 0. The van der Waals surface area contributed by atoms with E-state index in [0.29, 0.717) is 12.0 Å². The molecular formula is C17H26O10. The Labute approximate surface area is 155 Å². The van der Waals surface area contributed by atoms with E-state index in [-0.39, 0.29) is 11.8 Å². The summed E-state index contributed by atoms with van der Waals surface area (Å²) in [7, 11) is 1.25. The minimum atomic E-state index is -1.58. The molecule has 10 atom stereocenters. The van der Waals surface area contributed by atoms with Gasteiger partial charge in [0.1, 0.15) is 24.4 Å². The number of rotatable bonds is 4. The van der Waals surface area contributed by atoms with Gasteiger partial charge in [0.2, 0.25) is 6.29 Å². The molecule has 10 heteroatoms. The molecule has 1 aliphatic carbocycles. The Morgan fingerprint density at radius 2 is 1.89 bits per heavy atom. The van der Waals surface area contributed by atoms with Crippen molar-refractivity contribution < 1.29 is 49.3 Å². The average Bonchev–Trinajstić information content (AvgIpc) is 2.96. The highest BCUT2D eigenvalue weighted by Crippen LogP contribution is 2.47. The molecule has 0 spiro atoms. The SMILES string of the molecule is COC(=O)C1=CO[C@@H](O[C@@H]2O[C@H](CO)[C@@H](O)[C@H](O)[C@H]2O)C2[C@@H]1C[C@H](O)[C@@H]2C. The first kappa shape index (κ1) is 20.5. The maximum absolute atomic E-state index is 12.0. The van der Waals surface area contributed by atoms with Crippen molar-refractivity contribution in [3.8, 4) is 0 Å². The normalized spacial score (nSPS) is 47.0. The van der Waals surface area contributed by atoms with Crippen molar-refractivity contribution in [1.82, 2.24) is 0 Å². The number of esters is 1. The molecule has 0 bridgehead atoms. The van der Waals surface area contributed by atoms with Crippen molar-refractivity contribution in [2.24, 2.45) is 17.8 Å². The minimum absolute atomic E-state index is 0.279. The van der Waals surface area contributed by atoms with Crippen LogP contribution in [0.5, 0.6) is 0 Å². The number of carbonyl (C=O) groups excluding carboxylic acids is 1. The van der Waals surface area contributed by atoms with E-state index in [1.54, 1.807) is 6.92 Å². The average molecular weight is 390 g/mol. The Bertz CT molecular complexity index is 578. The van der Waals surface area contributed by atoms with Crippen LogP contribution in [0.15, 0.2) is 11.8 Å². The van der Waals surface area contributed by atoms with Crippen molar-refractivity contribution >= 4 is 5.97 Å². The first-order valence-electron chi connectivity index (χ1n) is 8.88. The number of ether oxygens (including phenoxy) is 4. The predicted octanol–water partition coefficient (Wildman–Crippen LogP) is -2.15. The fourth-order valence-corrected chi connectivity index (χ4v) is 4.10. The Hall–Kier alpha value is -1.27. The quantitative estimate of drug-likeness (QED) is 0.336. The van der Waals surface area contributed by atoms with Gasteiger partial charge in [-0.15, -0.1) is 0 Å². The van der Waals surface area contributed by atoms with E-state index in [1.807, 2.05) is 0 Å². The number of aliphatic hydroxyl groups is 5. The number of hydrogen-bond donors (Lipinski definition) is 5. The number of hydrogen-bond acceptors (Lipinski definition) is 10. The zero-order valence-corrected chi connectivity index (χ0v) is 15.0. The molecule has 2 aliphatic heterocycles. The molecular weight excluding hydrogens is 364 g/mol. The zero-order chi connectivity index (χ0) is 19.9. The molecule has 0 amide bonds. The van der Waals surface area contributed by atoms with E-state index in [9.17, 15) is 30.3 Å². The number of fused-ring (bicyclic) bond motifs is 1. The summed E-state index contributed by atoms with van der Waals surface area (Å²) in [5.41, 5.74) is 0.291. The Morgan fingerprint density at radius 1 is 1.19 bits per heavy atom. The molecule has 1 unspecified atom stereocenters. The van der Waals surface area contributed by atoms with Crippen LogP contribution >= 0.6 is 0 Å². The molecule has 3 aliphatic rings. The smallest absolute Gasteiger partial charge is 0.337 e. The highest BCUT2D eigenvalue weighted by Gasteiger charge is 2.53. The van der Waals surface area contributed by atoms with Gasteiger partial charge in [-0.25, -0.2) is 4.79 Å². The number of carbonyl (C=O) groups is 1. The first-order chi connectivity index (χ1) is 12.8. The van der Waals surface area contributed by atoms with Crippen LogP contribution in [0.3, 0.4) is 0 Å². The van der Waals surface area contributed by atoms with E-state index in [2.05, 4.69) is 0 Å². The molecule has 0 aromatic heterocycles. The van der Waals surface area contributed by atoms with E-state index in [1.165, 1.54) is 13.4 Å². The second-order valence-electron chi connectivity index (χ2n) is 7.25. The summed E-state index contributed by atoms with van der Waals surface area (Å²) in [5.74, 6) is -1.63. The molecule has 10 nitrogen and oxygen atoms in total. The van der Waals surface area contributed by atoms with Gasteiger partial charge >= 0.3 is 5.97 Å². The first-order valence-corrected chi connectivity index (χ1v) is 8.88. The molecule has 2 heterocycles. The summed E-state index contributed by atoms with van der Waals surface area (Å²) in [4.78, 5) is 12.0. The Morgan fingerprint density at radius 3 is 2.52 bits per heavy atom.